The first-order chi connectivity index (χ1) is 14.0. The van der Waals surface area contributed by atoms with Gasteiger partial charge in [-0.15, -0.1) is 0 Å². The lowest BCUT2D eigenvalue weighted by molar-refractivity contribution is -0.120. The summed E-state index contributed by atoms with van der Waals surface area (Å²) in [4.78, 5) is 17.9. The molecule has 1 fully saturated rings. The van der Waals surface area contributed by atoms with Crippen molar-refractivity contribution in [1.29, 1.82) is 0 Å². The number of ketones is 1. The Balaban J connectivity index is 1.37. The average molecular weight is 385 g/mol. The lowest BCUT2D eigenvalue weighted by atomic mass is 9.88. The van der Waals surface area contributed by atoms with Crippen molar-refractivity contribution in [2.45, 2.75) is 38.5 Å². The molecule has 146 valence electrons. The number of carbonyl (C=O) groups excluding carboxylic acids is 1. The molecule has 0 amide bonds. The van der Waals surface area contributed by atoms with E-state index in [0.717, 1.165) is 52.3 Å². The zero-order chi connectivity index (χ0) is 20.0. The van der Waals surface area contributed by atoms with Gasteiger partial charge in [-0.2, -0.15) is 0 Å². The molecule has 0 unspecified atom stereocenters. The predicted octanol–water partition coefficient (Wildman–Crippen LogP) is 4.94. The van der Waals surface area contributed by atoms with Crippen LogP contribution in [0.4, 0.5) is 0 Å². The molecule has 1 aromatic heterocycles. The number of nitrogens with zero attached hydrogens (tertiary/aromatic N) is 1. The van der Waals surface area contributed by atoms with Gasteiger partial charge in [-0.05, 0) is 61.6 Å². The number of benzene rings is 2. The quantitative estimate of drug-likeness (QED) is 0.624. The van der Waals surface area contributed by atoms with Crippen LogP contribution in [0.2, 0.25) is 0 Å². The third kappa shape index (κ3) is 3.19. The smallest absolute Gasteiger partial charge is 0.231 e. The molecule has 4 nitrogen and oxygen atoms in total. The Kier molecular flexibility index (Phi) is 4.16. The normalized spacial score (nSPS) is 15.9. The summed E-state index contributed by atoms with van der Waals surface area (Å²) in [5, 5.41) is 0. The molecule has 0 N–H and O–H groups in total. The van der Waals surface area contributed by atoms with E-state index in [2.05, 4.69) is 42.2 Å². The maximum atomic E-state index is 13.2. The van der Waals surface area contributed by atoms with E-state index in [-0.39, 0.29) is 12.6 Å². The van der Waals surface area contributed by atoms with E-state index >= 15 is 0 Å². The van der Waals surface area contributed by atoms with Crippen LogP contribution in [0.15, 0.2) is 54.7 Å². The Morgan fingerprint density at radius 2 is 1.72 bits per heavy atom. The Morgan fingerprint density at radius 1 is 0.966 bits per heavy atom. The predicted molar refractivity (Wildman–Crippen MR) is 111 cm³/mol. The number of aromatic nitrogens is 1. The molecule has 2 heterocycles. The van der Waals surface area contributed by atoms with Crippen molar-refractivity contribution in [3.05, 3.63) is 77.1 Å². The van der Waals surface area contributed by atoms with Gasteiger partial charge >= 0.3 is 0 Å². The minimum absolute atomic E-state index is 0.232. The largest absolute Gasteiger partial charge is 0.454 e. The number of carbonyl (C=O) groups is 1. The highest BCUT2D eigenvalue weighted by atomic mass is 16.7. The molecule has 0 atom stereocenters. The molecule has 0 spiro atoms. The van der Waals surface area contributed by atoms with Crippen molar-refractivity contribution in [3.8, 4) is 22.6 Å². The highest BCUT2D eigenvalue weighted by Gasteiger charge is 2.51. The van der Waals surface area contributed by atoms with E-state index in [0.29, 0.717) is 6.42 Å². The standard InChI is InChI=1S/C25H23NO3/c1-16-3-5-18(6-4-16)19-11-17(2)21(26-14-19)13-24(27)25(9-10-25)20-7-8-22-23(12-20)29-15-28-22/h3-8,11-12,14H,9-10,13,15H2,1-2H3. The number of aryl methyl sites for hydroxylation is 2. The van der Waals surface area contributed by atoms with Gasteiger partial charge in [-0.3, -0.25) is 9.78 Å². The molecular formula is C25H23NO3. The van der Waals surface area contributed by atoms with Gasteiger partial charge in [-0.1, -0.05) is 35.9 Å². The summed E-state index contributed by atoms with van der Waals surface area (Å²) in [7, 11) is 0. The Labute approximate surface area is 170 Å². The van der Waals surface area contributed by atoms with E-state index in [9.17, 15) is 4.79 Å². The van der Waals surface area contributed by atoms with Crippen molar-refractivity contribution in [1.82, 2.24) is 4.98 Å². The summed E-state index contributed by atoms with van der Waals surface area (Å²) in [6, 6.07) is 16.4. The zero-order valence-electron chi connectivity index (χ0n) is 16.7. The van der Waals surface area contributed by atoms with Gasteiger partial charge < -0.3 is 9.47 Å². The molecule has 2 aliphatic rings. The first kappa shape index (κ1) is 17.9. The van der Waals surface area contributed by atoms with Gasteiger partial charge in [0.2, 0.25) is 6.79 Å². The van der Waals surface area contributed by atoms with E-state index < -0.39 is 5.41 Å². The molecule has 5 rings (SSSR count). The Hall–Kier alpha value is -3.14. The fraction of sp³-hybridized carbons (Fsp3) is 0.280. The minimum Gasteiger partial charge on any atom is -0.454 e. The Morgan fingerprint density at radius 3 is 2.45 bits per heavy atom. The van der Waals surface area contributed by atoms with Crippen LogP contribution in [0.1, 0.15) is 35.2 Å². The fourth-order valence-electron chi connectivity index (χ4n) is 4.06. The molecule has 29 heavy (non-hydrogen) atoms. The SMILES string of the molecule is Cc1ccc(-c2cnc(CC(=O)C3(c4ccc5c(c4)OCO5)CC3)c(C)c2)cc1. The summed E-state index contributed by atoms with van der Waals surface area (Å²) >= 11 is 0. The molecule has 1 saturated carbocycles. The molecule has 2 aromatic carbocycles. The van der Waals surface area contributed by atoms with E-state index in [4.69, 9.17) is 9.47 Å². The fourth-order valence-corrected chi connectivity index (χ4v) is 4.06. The molecule has 0 radical (unpaired) electrons. The van der Waals surface area contributed by atoms with Crippen LogP contribution in [0, 0.1) is 13.8 Å². The number of hydrogen-bond donors (Lipinski definition) is 0. The van der Waals surface area contributed by atoms with Crippen LogP contribution >= 0.6 is 0 Å². The van der Waals surface area contributed by atoms with Crippen LogP contribution in [0.25, 0.3) is 11.1 Å². The maximum absolute atomic E-state index is 13.2. The molecule has 3 aromatic rings. The zero-order valence-corrected chi connectivity index (χ0v) is 16.7. The van der Waals surface area contributed by atoms with Gasteiger partial charge in [0.05, 0.1) is 11.1 Å². The van der Waals surface area contributed by atoms with E-state index in [1.54, 1.807) is 0 Å². The van der Waals surface area contributed by atoms with Crippen LogP contribution in [-0.2, 0) is 16.6 Å². The highest BCUT2D eigenvalue weighted by molar-refractivity contribution is 5.94. The lowest BCUT2D eigenvalue weighted by Crippen LogP contribution is -2.23. The number of rotatable bonds is 5. The van der Waals surface area contributed by atoms with Gasteiger partial charge in [0, 0.05) is 18.2 Å². The molecular weight excluding hydrogens is 362 g/mol. The maximum Gasteiger partial charge on any atom is 0.231 e. The van der Waals surface area contributed by atoms with Crippen molar-refractivity contribution >= 4 is 5.78 Å². The molecule has 1 aliphatic heterocycles. The number of hydrogen-bond acceptors (Lipinski definition) is 4. The van der Waals surface area contributed by atoms with Gasteiger partial charge in [-0.25, -0.2) is 0 Å². The molecule has 4 heteroatoms. The second kappa shape index (κ2) is 6.73. The third-order valence-electron chi connectivity index (χ3n) is 6.11. The summed E-state index contributed by atoms with van der Waals surface area (Å²) in [5.41, 5.74) is 6.00. The van der Waals surface area contributed by atoms with Gasteiger partial charge in [0.1, 0.15) is 5.78 Å². The van der Waals surface area contributed by atoms with Crippen LogP contribution < -0.4 is 9.47 Å². The lowest BCUT2D eigenvalue weighted by Gasteiger charge is -2.16. The van der Waals surface area contributed by atoms with Crippen LogP contribution in [0.5, 0.6) is 11.5 Å². The summed E-state index contributed by atoms with van der Waals surface area (Å²) < 4.78 is 10.9. The Bertz CT molecular complexity index is 1100. The summed E-state index contributed by atoms with van der Waals surface area (Å²) in [6.45, 7) is 4.36. The van der Waals surface area contributed by atoms with Crippen molar-refractivity contribution < 1.29 is 14.3 Å². The van der Waals surface area contributed by atoms with Gasteiger partial charge in [0.25, 0.3) is 0 Å². The second-order valence-electron chi connectivity index (χ2n) is 8.10. The van der Waals surface area contributed by atoms with Crippen molar-refractivity contribution in [3.63, 3.8) is 0 Å². The molecule has 0 saturated heterocycles. The molecule has 0 bridgehead atoms. The topological polar surface area (TPSA) is 48.4 Å². The molecule has 1 aliphatic carbocycles. The van der Waals surface area contributed by atoms with Crippen molar-refractivity contribution in [2.24, 2.45) is 0 Å². The monoisotopic (exact) mass is 385 g/mol. The number of pyridine rings is 1. The second-order valence-corrected chi connectivity index (χ2v) is 8.10. The van der Waals surface area contributed by atoms with E-state index in [1.165, 1.54) is 5.56 Å². The van der Waals surface area contributed by atoms with E-state index in [1.807, 2.05) is 31.3 Å². The summed E-state index contributed by atoms with van der Waals surface area (Å²) in [6.07, 6.45) is 3.99. The summed E-state index contributed by atoms with van der Waals surface area (Å²) in [5.74, 6) is 1.72. The first-order valence-corrected chi connectivity index (χ1v) is 10.0. The third-order valence-corrected chi connectivity index (χ3v) is 6.11. The van der Waals surface area contributed by atoms with Crippen LogP contribution in [0.3, 0.4) is 0 Å². The number of Topliss-reactive ketones (excluding diaryl/α,β-unsaturated/α-hetero) is 1. The minimum atomic E-state index is -0.398. The first-order valence-electron chi connectivity index (χ1n) is 10.0. The highest BCUT2D eigenvalue weighted by Crippen LogP contribution is 2.51. The number of fused-ring (bicyclic) bond motifs is 1. The average Bonchev–Trinajstić information content (AvgIpc) is 3.41. The number of ether oxygens (including phenoxy) is 2. The van der Waals surface area contributed by atoms with Gasteiger partial charge in [0.15, 0.2) is 11.5 Å². The van der Waals surface area contributed by atoms with Crippen molar-refractivity contribution in [2.75, 3.05) is 6.79 Å². The van der Waals surface area contributed by atoms with Crippen LogP contribution in [-0.4, -0.2) is 17.6 Å².